The first-order chi connectivity index (χ1) is 11.9. The quantitative estimate of drug-likeness (QED) is 0.590. The Morgan fingerprint density at radius 3 is 2.96 bits per heavy atom. The lowest BCUT2D eigenvalue weighted by atomic mass is 9.71. The van der Waals surface area contributed by atoms with Gasteiger partial charge >= 0.3 is 0 Å². The Kier molecular flexibility index (Phi) is 4.78. The van der Waals surface area contributed by atoms with Crippen molar-refractivity contribution in [2.75, 3.05) is 6.54 Å². The maximum atomic E-state index is 12.2. The fraction of sp³-hybridized carbons (Fsp3) is 0.526. The van der Waals surface area contributed by atoms with Gasteiger partial charge in [-0.15, -0.1) is 0 Å². The predicted octanol–water partition coefficient (Wildman–Crippen LogP) is 2.86. The van der Waals surface area contributed by atoms with Crippen LogP contribution in [0.15, 0.2) is 12.1 Å². The Hall–Kier alpha value is -2.39. The van der Waals surface area contributed by atoms with E-state index in [2.05, 4.69) is 42.7 Å². The molecule has 0 fully saturated rings. The van der Waals surface area contributed by atoms with Gasteiger partial charge in [0.2, 0.25) is 0 Å². The van der Waals surface area contributed by atoms with Crippen LogP contribution in [0.1, 0.15) is 55.4 Å². The third kappa shape index (κ3) is 3.83. The van der Waals surface area contributed by atoms with Crippen LogP contribution in [0.4, 0.5) is 0 Å². The van der Waals surface area contributed by atoms with Crippen LogP contribution < -0.4 is 10.9 Å². The number of carbonyl (C=O) groups excluding carboxylic acids is 1. The maximum absolute atomic E-state index is 12.2. The van der Waals surface area contributed by atoms with E-state index >= 15 is 0 Å². The second-order valence-electron chi connectivity index (χ2n) is 7.80. The number of amides is 1. The molecule has 1 atom stereocenters. The van der Waals surface area contributed by atoms with E-state index in [0.717, 1.165) is 36.0 Å². The molecule has 0 saturated carbocycles. The third-order valence-electron chi connectivity index (χ3n) is 5.00. The summed E-state index contributed by atoms with van der Waals surface area (Å²) in [5.74, 6) is 0.405. The van der Waals surface area contributed by atoms with Gasteiger partial charge in [0.05, 0.1) is 17.1 Å². The molecule has 0 aromatic carbocycles. The number of hydrazine groups is 1. The molecule has 3 N–H and O–H groups in total. The summed E-state index contributed by atoms with van der Waals surface area (Å²) in [7, 11) is 0. The number of nitriles is 1. The zero-order valence-corrected chi connectivity index (χ0v) is 15.1. The molecule has 0 spiro atoms. The van der Waals surface area contributed by atoms with Crippen molar-refractivity contribution in [3.63, 3.8) is 0 Å². The molecule has 3 rings (SSSR count). The van der Waals surface area contributed by atoms with E-state index in [1.165, 1.54) is 5.56 Å². The molecule has 1 amide bonds. The average molecular weight is 339 g/mol. The lowest BCUT2D eigenvalue weighted by molar-refractivity contribution is 0.0929. The van der Waals surface area contributed by atoms with Crippen LogP contribution in [-0.2, 0) is 12.8 Å². The lowest BCUT2D eigenvalue weighted by Crippen LogP contribution is -2.37. The second-order valence-corrected chi connectivity index (χ2v) is 7.80. The molecule has 6 heteroatoms. The van der Waals surface area contributed by atoms with Crippen molar-refractivity contribution in [3.8, 4) is 6.07 Å². The third-order valence-corrected chi connectivity index (χ3v) is 5.00. The van der Waals surface area contributed by atoms with Gasteiger partial charge in [0.1, 0.15) is 5.69 Å². The number of fused-ring (bicyclic) bond motifs is 2. The van der Waals surface area contributed by atoms with Crippen LogP contribution in [0, 0.1) is 22.7 Å². The van der Waals surface area contributed by atoms with Crippen LogP contribution >= 0.6 is 0 Å². The SMILES string of the molecule is CC(C)(C)C1CCc2nc3cc(C(=O)NNCCC#N)[nH]c3cc2C1. The average Bonchev–Trinajstić information content (AvgIpc) is 2.98. The highest BCUT2D eigenvalue weighted by Gasteiger charge is 2.29. The van der Waals surface area contributed by atoms with Crippen molar-refractivity contribution in [2.24, 2.45) is 11.3 Å². The normalized spacial score (nSPS) is 17.1. The van der Waals surface area contributed by atoms with E-state index in [4.69, 9.17) is 10.2 Å². The van der Waals surface area contributed by atoms with Crippen LogP contribution in [0.5, 0.6) is 0 Å². The first kappa shape index (κ1) is 17.4. The monoisotopic (exact) mass is 339 g/mol. The van der Waals surface area contributed by atoms with Crippen molar-refractivity contribution in [1.82, 2.24) is 20.8 Å². The zero-order valence-electron chi connectivity index (χ0n) is 15.1. The molecular formula is C19H25N5O. The van der Waals surface area contributed by atoms with Gasteiger partial charge in [0, 0.05) is 18.7 Å². The van der Waals surface area contributed by atoms with E-state index in [-0.39, 0.29) is 5.91 Å². The van der Waals surface area contributed by atoms with Crippen LogP contribution in [-0.4, -0.2) is 22.4 Å². The number of hydrogen-bond acceptors (Lipinski definition) is 4. The molecule has 0 radical (unpaired) electrons. The Balaban J connectivity index is 1.78. The van der Waals surface area contributed by atoms with Gasteiger partial charge in [-0.25, -0.2) is 5.43 Å². The number of nitrogens with one attached hydrogen (secondary N) is 3. The Morgan fingerprint density at radius 1 is 1.44 bits per heavy atom. The van der Waals surface area contributed by atoms with E-state index in [0.29, 0.717) is 30.0 Å². The molecule has 132 valence electrons. The Morgan fingerprint density at radius 2 is 2.24 bits per heavy atom. The first-order valence-electron chi connectivity index (χ1n) is 8.80. The summed E-state index contributed by atoms with van der Waals surface area (Å²) < 4.78 is 0. The fourth-order valence-corrected chi connectivity index (χ4v) is 3.40. The molecule has 0 saturated heterocycles. The van der Waals surface area contributed by atoms with Crippen LogP contribution in [0.25, 0.3) is 11.0 Å². The van der Waals surface area contributed by atoms with Crippen molar-refractivity contribution >= 4 is 16.9 Å². The number of nitrogens with zero attached hydrogens (tertiary/aromatic N) is 2. The summed E-state index contributed by atoms with van der Waals surface area (Å²) in [5.41, 5.74) is 10.3. The molecule has 6 nitrogen and oxygen atoms in total. The molecular weight excluding hydrogens is 314 g/mol. The number of carbonyl (C=O) groups is 1. The molecule has 1 aliphatic rings. The van der Waals surface area contributed by atoms with Gasteiger partial charge in [-0.1, -0.05) is 20.8 Å². The molecule has 0 bridgehead atoms. The largest absolute Gasteiger partial charge is 0.349 e. The molecule has 1 unspecified atom stereocenters. The lowest BCUT2D eigenvalue weighted by Gasteiger charge is -2.34. The fourth-order valence-electron chi connectivity index (χ4n) is 3.40. The minimum atomic E-state index is -0.249. The standard InChI is InChI=1S/C19H25N5O/c1-19(2,3)13-5-6-14-12(9-13)10-15-16(22-14)11-17(23-15)18(25)24-21-8-4-7-20/h10-11,13,21,23H,4-6,8-9H2,1-3H3,(H,24,25). The summed E-state index contributed by atoms with van der Waals surface area (Å²) in [6.07, 6.45) is 3.54. The summed E-state index contributed by atoms with van der Waals surface area (Å²) in [6.45, 7) is 7.31. The molecule has 1 aliphatic carbocycles. The summed E-state index contributed by atoms with van der Waals surface area (Å²) >= 11 is 0. The molecule has 0 aliphatic heterocycles. The highest BCUT2D eigenvalue weighted by Crippen LogP contribution is 2.37. The van der Waals surface area contributed by atoms with Crippen molar-refractivity contribution in [1.29, 1.82) is 5.26 Å². The minimum Gasteiger partial charge on any atom is -0.349 e. The maximum Gasteiger partial charge on any atom is 0.281 e. The Bertz CT molecular complexity index is 825. The number of aromatic nitrogens is 2. The molecule has 25 heavy (non-hydrogen) atoms. The van der Waals surface area contributed by atoms with Gasteiger partial charge < -0.3 is 4.98 Å². The van der Waals surface area contributed by atoms with Gasteiger partial charge in [-0.3, -0.25) is 15.2 Å². The van der Waals surface area contributed by atoms with Gasteiger partial charge in [0.25, 0.3) is 5.91 Å². The summed E-state index contributed by atoms with van der Waals surface area (Å²) in [6, 6.07) is 5.95. The van der Waals surface area contributed by atoms with E-state index in [9.17, 15) is 4.79 Å². The molecule has 2 aromatic heterocycles. The van der Waals surface area contributed by atoms with Gasteiger partial charge in [-0.05, 0) is 48.3 Å². The smallest absolute Gasteiger partial charge is 0.281 e. The van der Waals surface area contributed by atoms with Crippen molar-refractivity contribution in [3.05, 3.63) is 29.1 Å². The minimum absolute atomic E-state index is 0.249. The molecule has 2 aromatic rings. The topological polar surface area (TPSA) is 93.6 Å². The van der Waals surface area contributed by atoms with E-state index in [1.807, 2.05) is 6.07 Å². The molecule has 2 heterocycles. The number of rotatable bonds is 4. The van der Waals surface area contributed by atoms with Crippen LogP contribution in [0.2, 0.25) is 0 Å². The number of aryl methyl sites for hydroxylation is 1. The van der Waals surface area contributed by atoms with Gasteiger partial charge in [-0.2, -0.15) is 5.26 Å². The number of hydrogen-bond donors (Lipinski definition) is 3. The summed E-state index contributed by atoms with van der Waals surface area (Å²) in [5, 5.41) is 8.50. The predicted molar refractivity (Wildman–Crippen MR) is 96.8 cm³/mol. The number of H-pyrrole nitrogens is 1. The van der Waals surface area contributed by atoms with Crippen molar-refractivity contribution in [2.45, 2.75) is 46.5 Å². The second kappa shape index (κ2) is 6.85. The first-order valence-corrected chi connectivity index (χ1v) is 8.80. The highest BCUT2D eigenvalue weighted by atomic mass is 16.2. The van der Waals surface area contributed by atoms with Gasteiger partial charge in [0.15, 0.2) is 0 Å². The Labute approximate surface area is 148 Å². The zero-order chi connectivity index (χ0) is 18.0. The van der Waals surface area contributed by atoms with E-state index in [1.54, 1.807) is 6.07 Å². The number of pyridine rings is 1. The highest BCUT2D eigenvalue weighted by molar-refractivity contribution is 5.97. The number of aromatic amines is 1. The summed E-state index contributed by atoms with van der Waals surface area (Å²) in [4.78, 5) is 20.1. The van der Waals surface area contributed by atoms with E-state index < -0.39 is 0 Å². The van der Waals surface area contributed by atoms with Crippen molar-refractivity contribution < 1.29 is 4.79 Å². The van der Waals surface area contributed by atoms with Crippen LogP contribution in [0.3, 0.4) is 0 Å².